The summed E-state index contributed by atoms with van der Waals surface area (Å²) in [6.45, 7) is 0. The highest BCUT2D eigenvalue weighted by Crippen LogP contribution is 2.29. The van der Waals surface area contributed by atoms with Gasteiger partial charge in [0, 0.05) is 0 Å². The van der Waals surface area contributed by atoms with E-state index in [0.29, 0.717) is 0 Å². The second-order valence-electron chi connectivity index (χ2n) is 3.52. The Morgan fingerprint density at radius 1 is 1.06 bits per heavy atom. The molecule has 0 aliphatic carbocycles. The molecule has 2 aromatic carbocycles. The van der Waals surface area contributed by atoms with Crippen LogP contribution in [0.3, 0.4) is 0 Å². The quantitative estimate of drug-likeness (QED) is 0.581. The van der Waals surface area contributed by atoms with Crippen LogP contribution in [0.1, 0.15) is 0 Å². The van der Waals surface area contributed by atoms with Gasteiger partial charge < -0.3 is 0 Å². The Hall–Kier alpha value is -1.94. The first-order valence-corrected chi connectivity index (χ1v) is 5.47. The molecule has 1 amide bonds. The lowest BCUT2D eigenvalue weighted by atomic mass is 10.2. The summed E-state index contributed by atoms with van der Waals surface area (Å²) in [5, 5.41) is -0.911. The highest BCUT2D eigenvalue weighted by molar-refractivity contribution is 6.66. The van der Waals surface area contributed by atoms with Crippen molar-refractivity contribution in [2.24, 2.45) is 0 Å². The smallest absolute Gasteiger partial charge is 0.264 e. The first kappa shape index (κ1) is 12.5. The third-order valence-electron chi connectivity index (χ3n) is 2.34. The number of para-hydroxylation sites is 1. The van der Waals surface area contributed by atoms with Crippen molar-refractivity contribution in [3.8, 4) is 0 Å². The van der Waals surface area contributed by atoms with Gasteiger partial charge in [-0.3, -0.25) is 9.69 Å². The average molecular weight is 268 g/mol. The molecule has 5 heteroatoms. The standard InChI is InChI=1S/C13H8ClF2NO/c14-13(18)17(10-5-3-4-9(15)8-10)12-7-2-1-6-11(12)16/h1-8H. The van der Waals surface area contributed by atoms with Crippen molar-refractivity contribution >= 4 is 28.3 Å². The Kier molecular flexibility index (Phi) is 3.58. The first-order chi connectivity index (χ1) is 8.59. The predicted octanol–water partition coefficient (Wildman–Crippen LogP) is 4.46. The van der Waals surface area contributed by atoms with Crippen LogP contribution in [0, 0.1) is 11.6 Å². The highest BCUT2D eigenvalue weighted by Gasteiger charge is 2.19. The normalized spacial score (nSPS) is 10.2. The minimum Gasteiger partial charge on any atom is -0.264 e. The van der Waals surface area contributed by atoms with Gasteiger partial charge >= 0.3 is 5.37 Å². The largest absolute Gasteiger partial charge is 0.325 e. The molecule has 0 saturated carbocycles. The van der Waals surface area contributed by atoms with Gasteiger partial charge in [-0.25, -0.2) is 8.78 Å². The van der Waals surface area contributed by atoms with E-state index < -0.39 is 17.0 Å². The molecule has 0 bridgehead atoms. The number of benzene rings is 2. The van der Waals surface area contributed by atoms with Gasteiger partial charge in [-0.05, 0) is 41.9 Å². The molecule has 2 rings (SSSR count). The van der Waals surface area contributed by atoms with E-state index in [1.165, 1.54) is 36.4 Å². The number of anilines is 2. The van der Waals surface area contributed by atoms with Crippen molar-refractivity contribution < 1.29 is 13.6 Å². The van der Waals surface area contributed by atoms with E-state index in [0.717, 1.165) is 11.0 Å². The SMILES string of the molecule is O=C(Cl)N(c1cccc(F)c1)c1ccccc1F. The monoisotopic (exact) mass is 267 g/mol. The number of hydrogen-bond acceptors (Lipinski definition) is 1. The Morgan fingerprint density at radius 3 is 2.39 bits per heavy atom. The molecule has 0 N–H and O–H groups in total. The third kappa shape index (κ3) is 2.49. The van der Waals surface area contributed by atoms with Crippen LogP contribution in [0.25, 0.3) is 0 Å². The summed E-state index contributed by atoms with van der Waals surface area (Å²) in [7, 11) is 0. The summed E-state index contributed by atoms with van der Waals surface area (Å²) in [6.07, 6.45) is 0. The Bertz CT molecular complexity index is 589. The highest BCUT2D eigenvalue weighted by atomic mass is 35.5. The zero-order valence-corrected chi connectivity index (χ0v) is 9.86. The second-order valence-corrected chi connectivity index (χ2v) is 3.84. The zero-order chi connectivity index (χ0) is 13.1. The van der Waals surface area contributed by atoms with E-state index in [9.17, 15) is 13.6 Å². The van der Waals surface area contributed by atoms with Gasteiger partial charge in [-0.2, -0.15) is 0 Å². The van der Waals surface area contributed by atoms with Crippen LogP contribution >= 0.6 is 11.6 Å². The molecular formula is C13H8ClF2NO. The van der Waals surface area contributed by atoms with E-state index in [2.05, 4.69) is 0 Å². The summed E-state index contributed by atoms with van der Waals surface area (Å²) >= 11 is 5.44. The summed E-state index contributed by atoms with van der Waals surface area (Å²) < 4.78 is 26.8. The van der Waals surface area contributed by atoms with E-state index in [4.69, 9.17) is 11.6 Å². The fourth-order valence-corrected chi connectivity index (χ4v) is 1.77. The zero-order valence-electron chi connectivity index (χ0n) is 9.11. The van der Waals surface area contributed by atoms with E-state index in [1.54, 1.807) is 6.07 Å². The second kappa shape index (κ2) is 5.14. The molecule has 0 atom stereocenters. The molecule has 0 aromatic heterocycles. The molecule has 0 aliphatic heterocycles. The fourth-order valence-electron chi connectivity index (χ4n) is 1.58. The third-order valence-corrected chi connectivity index (χ3v) is 2.50. The van der Waals surface area contributed by atoms with Crippen LogP contribution in [0.15, 0.2) is 48.5 Å². The number of carbonyl (C=O) groups excluding carboxylic acids is 1. The predicted molar refractivity (Wildman–Crippen MR) is 66.2 cm³/mol. The number of nitrogens with zero attached hydrogens (tertiary/aromatic N) is 1. The first-order valence-electron chi connectivity index (χ1n) is 5.09. The Labute approximate surface area is 107 Å². The van der Waals surface area contributed by atoms with Crippen molar-refractivity contribution in [3.05, 3.63) is 60.2 Å². The van der Waals surface area contributed by atoms with Gasteiger partial charge in [0.25, 0.3) is 0 Å². The maximum Gasteiger partial charge on any atom is 0.325 e. The number of amides is 1. The van der Waals surface area contributed by atoms with Crippen LogP contribution in [0.4, 0.5) is 25.0 Å². The molecule has 0 spiro atoms. The molecule has 2 nitrogen and oxygen atoms in total. The number of rotatable bonds is 2. The molecular weight excluding hydrogens is 260 g/mol. The molecule has 0 heterocycles. The maximum absolute atomic E-state index is 13.6. The Morgan fingerprint density at radius 2 is 1.78 bits per heavy atom. The summed E-state index contributed by atoms with van der Waals surface area (Å²) in [6, 6.07) is 10.8. The van der Waals surface area contributed by atoms with Crippen LogP contribution in [0.2, 0.25) is 0 Å². The molecule has 92 valence electrons. The number of halogens is 3. The van der Waals surface area contributed by atoms with Crippen molar-refractivity contribution in [1.82, 2.24) is 0 Å². The molecule has 0 unspecified atom stereocenters. The minimum absolute atomic E-state index is 0.0249. The van der Waals surface area contributed by atoms with Crippen molar-refractivity contribution in [1.29, 1.82) is 0 Å². The molecule has 2 aromatic rings. The summed E-state index contributed by atoms with van der Waals surface area (Å²) in [5.74, 6) is -1.15. The molecule has 0 radical (unpaired) electrons. The van der Waals surface area contributed by atoms with Gasteiger partial charge in [-0.1, -0.05) is 18.2 Å². The minimum atomic E-state index is -0.911. The van der Waals surface area contributed by atoms with E-state index in [-0.39, 0.29) is 11.4 Å². The van der Waals surface area contributed by atoms with Crippen molar-refractivity contribution in [3.63, 3.8) is 0 Å². The van der Waals surface area contributed by atoms with Gasteiger partial charge in [0.1, 0.15) is 11.6 Å². The van der Waals surface area contributed by atoms with Gasteiger partial charge in [0.2, 0.25) is 0 Å². The van der Waals surface area contributed by atoms with Gasteiger partial charge in [0.15, 0.2) is 0 Å². The number of carbonyl (C=O) groups is 1. The van der Waals surface area contributed by atoms with E-state index >= 15 is 0 Å². The van der Waals surface area contributed by atoms with E-state index in [1.807, 2.05) is 0 Å². The van der Waals surface area contributed by atoms with Crippen molar-refractivity contribution in [2.45, 2.75) is 0 Å². The van der Waals surface area contributed by atoms with Crippen LogP contribution < -0.4 is 4.90 Å². The molecule has 0 fully saturated rings. The Balaban J connectivity index is 2.54. The van der Waals surface area contributed by atoms with Crippen LogP contribution in [-0.4, -0.2) is 5.37 Å². The summed E-state index contributed by atoms with van der Waals surface area (Å²) in [5.41, 5.74) is 0.142. The number of hydrogen-bond donors (Lipinski definition) is 0. The lowest BCUT2D eigenvalue weighted by Gasteiger charge is -2.20. The topological polar surface area (TPSA) is 20.3 Å². The van der Waals surface area contributed by atoms with Gasteiger partial charge in [0.05, 0.1) is 11.4 Å². The molecule has 0 aliphatic rings. The van der Waals surface area contributed by atoms with Crippen LogP contribution in [0.5, 0.6) is 0 Å². The lowest BCUT2D eigenvalue weighted by molar-refractivity contribution is 0.266. The summed E-state index contributed by atoms with van der Waals surface area (Å²) in [4.78, 5) is 12.3. The van der Waals surface area contributed by atoms with Crippen LogP contribution in [-0.2, 0) is 0 Å². The lowest BCUT2D eigenvalue weighted by Crippen LogP contribution is -2.20. The maximum atomic E-state index is 13.6. The average Bonchev–Trinajstić information content (AvgIpc) is 2.32. The fraction of sp³-hybridized carbons (Fsp3) is 0. The molecule has 0 saturated heterocycles. The molecule has 18 heavy (non-hydrogen) atoms. The van der Waals surface area contributed by atoms with Crippen molar-refractivity contribution in [2.75, 3.05) is 4.90 Å². The van der Waals surface area contributed by atoms with Gasteiger partial charge in [-0.15, -0.1) is 0 Å².